The molecule has 0 spiro atoms. The van der Waals surface area contributed by atoms with Crippen LogP contribution in [0.2, 0.25) is 0 Å². The molecule has 0 heterocycles. The van der Waals surface area contributed by atoms with Gasteiger partial charge in [0, 0.05) is 6.61 Å². The zero-order chi connectivity index (χ0) is 8.55. The molecule has 70 valence electrons. The van der Waals surface area contributed by atoms with Crippen molar-refractivity contribution in [1.82, 2.24) is 0 Å². The third-order valence-corrected chi connectivity index (χ3v) is 3.82. The van der Waals surface area contributed by atoms with Crippen molar-refractivity contribution in [2.45, 2.75) is 38.2 Å². The number of aliphatic hydroxyl groups is 2. The van der Waals surface area contributed by atoms with Crippen molar-refractivity contribution in [2.75, 3.05) is 6.61 Å². The molecule has 0 aromatic heterocycles. The molecule has 12 heavy (non-hydrogen) atoms. The highest BCUT2D eigenvalue weighted by atomic mass is 16.3. The van der Waals surface area contributed by atoms with Crippen LogP contribution in [0.4, 0.5) is 0 Å². The van der Waals surface area contributed by atoms with Gasteiger partial charge in [0.25, 0.3) is 0 Å². The van der Waals surface area contributed by atoms with Crippen LogP contribution in [0.15, 0.2) is 0 Å². The highest BCUT2D eigenvalue weighted by Gasteiger charge is 2.43. The Labute approximate surface area is 73.6 Å². The first-order valence-electron chi connectivity index (χ1n) is 5.12. The van der Waals surface area contributed by atoms with Gasteiger partial charge in [-0.1, -0.05) is 0 Å². The van der Waals surface area contributed by atoms with Gasteiger partial charge in [0.05, 0.1) is 6.10 Å². The third kappa shape index (κ3) is 1.27. The van der Waals surface area contributed by atoms with Crippen LogP contribution in [0.25, 0.3) is 0 Å². The number of rotatable bonds is 2. The fraction of sp³-hybridized carbons (Fsp3) is 1.00. The van der Waals surface area contributed by atoms with Crippen molar-refractivity contribution in [3.63, 3.8) is 0 Å². The highest BCUT2D eigenvalue weighted by Crippen LogP contribution is 2.48. The molecule has 0 amide bonds. The van der Waals surface area contributed by atoms with Gasteiger partial charge in [0.1, 0.15) is 0 Å². The van der Waals surface area contributed by atoms with E-state index in [1.807, 2.05) is 0 Å². The predicted molar refractivity (Wildman–Crippen MR) is 46.6 cm³/mol. The Hall–Kier alpha value is -0.0800. The topological polar surface area (TPSA) is 40.5 Å². The molecule has 4 atom stereocenters. The minimum absolute atomic E-state index is 0.0290. The number of hydrogen-bond acceptors (Lipinski definition) is 2. The molecule has 2 aliphatic carbocycles. The summed E-state index contributed by atoms with van der Waals surface area (Å²) in [5.41, 5.74) is 0. The fourth-order valence-electron chi connectivity index (χ4n) is 3.21. The highest BCUT2D eigenvalue weighted by molar-refractivity contribution is 4.93. The second kappa shape index (κ2) is 3.35. The number of hydrogen-bond donors (Lipinski definition) is 2. The van der Waals surface area contributed by atoms with E-state index < -0.39 is 0 Å². The molecule has 4 unspecified atom stereocenters. The first-order valence-corrected chi connectivity index (χ1v) is 5.12. The molecular weight excluding hydrogens is 152 g/mol. The molecule has 0 bridgehead atoms. The molecule has 0 radical (unpaired) electrons. The molecular formula is C10H18O2. The van der Waals surface area contributed by atoms with Crippen LogP contribution in [0.1, 0.15) is 32.1 Å². The lowest BCUT2D eigenvalue weighted by Gasteiger charge is -2.17. The Morgan fingerprint density at radius 2 is 1.75 bits per heavy atom. The van der Waals surface area contributed by atoms with Gasteiger partial charge in [-0.15, -0.1) is 0 Å². The standard InChI is InChI=1S/C10H18O2/c11-6-5-7-1-2-9-8(7)3-4-10(9)12/h7-12H,1-6H2. The quantitative estimate of drug-likeness (QED) is 0.653. The van der Waals surface area contributed by atoms with Gasteiger partial charge < -0.3 is 10.2 Å². The Morgan fingerprint density at radius 1 is 1.00 bits per heavy atom. The third-order valence-electron chi connectivity index (χ3n) is 3.82. The lowest BCUT2D eigenvalue weighted by Crippen LogP contribution is -2.16. The van der Waals surface area contributed by atoms with Crippen molar-refractivity contribution in [3.05, 3.63) is 0 Å². The molecule has 0 aromatic rings. The average Bonchev–Trinajstić information content (AvgIpc) is 2.58. The van der Waals surface area contributed by atoms with Crippen molar-refractivity contribution in [2.24, 2.45) is 17.8 Å². The molecule has 2 rings (SSSR count). The molecule has 2 saturated carbocycles. The van der Waals surface area contributed by atoms with Gasteiger partial charge in [-0.25, -0.2) is 0 Å². The summed E-state index contributed by atoms with van der Waals surface area (Å²) in [4.78, 5) is 0. The summed E-state index contributed by atoms with van der Waals surface area (Å²) in [6.45, 7) is 0.323. The number of aliphatic hydroxyl groups excluding tert-OH is 2. The zero-order valence-electron chi connectivity index (χ0n) is 7.45. The monoisotopic (exact) mass is 170 g/mol. The molecule has 2 heteroatoms. The lowest BCUT2D eigenvalue weighted by atomic mass is 9.90. The van der Waals surface area contributed by atoms with E-state index in [9.17, 15) is 5.11 Å². The van der Waals surface area contributed by atoms with E-state index in [-0.39, 0.29) is 6.10 Å². The van der Waals surface area contributed by atoms with Crippen LogP contribution < -0.4 is 0 Å². The van der Waals surface area contributed by atoms with E-state index in [1.165, 1.54) is 19.3 Å². The van der Waals surface area contributed by atoms with Crippen molar-refractivity contribution in [3.8, 4) is 0 Å². The summed E-state index contributed by atoms with van der Waals surface area (Å²) in [5.74, 6) is 2.01. The first-order chi connectivity index (χ1) is 5.83. The van der Waals surface area contributed by atoms with E-state index >= 15 is 0 Å². The second-order valence-electron chi connectivity index (χ2n) is 4.32. The summed E-state index contributed by atoms with van der Waals surface area (Å²) in [6.07, 6.45) is 5.53. The van der Waals surface area contributed by atoms with E-state index in [1.54, 1.807) is 0 Å². The maximum atomic E-state index is 9.62. The maximum absolute atomic E-state index is 9.62. The molecule has 2 fully saturated rings. The molecule has 0 saturated heterocycles. The van der Waals surface area contributed by atoms with Gasteiger partial charge in [0.2, 0.25) is 0 Å². The Morgan fingerprint density at radius 3 is 2.50 bits per heavy atom. The van der Waals surface area contributed by atoms with E-state index in [4.69, 9.17) is 5.11 Å². The molecule has 0 aromatic carbocycles. The predicted octanol–water partition coefficient (Wildman–Crippen LogP) is 1.17. The minimum atomic E-state index is -0.0290. The van der Waals surface area contributed by atoms with Crippen LogP contribution in [0, 0.1) is 17.8 Å². The van der Waals surface area contributed by atoms with E-state index in [2.05, 4.69) is 0 Å². The van der Waals surface area contributed by atoms with Gasteiger partial charge in [-0.3, -0.25) is 0 Å². The average molecular weight is 170 g/mol. The summed E-state index contributed by atoms with van der Waals surface area (Å²) in [7, 11) is 0. The fourth-order valence-corrected chi connectivity index (χ4v) is 3.21. The van der Waals surface area contributed by atoms with Gasteiger partial charge in [0.15, 0.2) is 0 Å². The lowest BCUT2D eigenvalue weighted by molar-refractivity contribution is 0.122. The van der Waals surface area contributed by atoms with Crippen molar-refractivity contribution >= 4 is 0 Å². The largest absolute Gasteiger partial charge is 0.396 e. The summed E-state index contributed by atoms with van der Waals surface area (Å²) in [5, 5.41) is 18.5. The van der Waals surface area contributed by atoms with Crippen LogP contribution in [0.5, 0.6) is 0 Å². The maximum Gasteiger partial charge on any atom is 0.0571 e. The molecule has 2 N–H and O–H groups in total. The van der Waals surface area contributed by atoms with E-state index in [0.717, 1.165) is 18.8 Å². The normalized spacial score (nSPS) is 46.5. The Kier molecular flexibility index (Phi) is 2.37. The molecule has 2 nitrogen and oxygen atoms in total. The SMILES string of the molecule is OCCC1CCC2C(O)CCC12. The van der Waals surface area contributed by atoms with Crippen LogP contribution in [-0.4, -0.2) is 22.9 Å². The van der Waals surface area contributed by atoms with Gasteiger partial charge in [-0.2, -0.15) is 0 Å². The first kappa shape index (κ1) is 8.52. The van der Waals surface area contributed by atoms with Gasteiger partial charge >= 0.3 is 0 Å². The second-order valence-corrected chi connectivity index (χ2v) is 4.32. The van der Waals surface area contributed by atoms with Crippen LogP contribution in [-0.2, 0) is 0 Å². The van der Waals surface area contributed by atoms with Crippen molar-refractivity contribution in [1.29, 1.82) is 0 Å². The summed E-state index contributed by atoms with van der Waals surface area (Å²) in [6, 6.07) is 0. The number of fused-ring (bicyclic) bond motifs is 1. The summed E-state index contributed by atoms with van der Waals surface area (Å²) >= 11 is 0. The smallest absolute Gasteiger partial charge is 0.0571 e. The van der Waals surface area contributed by atoms with Gasteiger partial charge in [-0.05, 0) is 49.9 Å². The molecule has 2 aliphatic rings. The van der Waals surface area contributed by atoms with Crippen LogP contribution >= 0.6 is 0 Å². The van der Waals surface area contributed by atoms with E-state index in [0.29, 0.717) is 18.4 Å². The molecule has 0 aliphatic heterocycles. The van der Waals surface area contributed by atoms with Crippen LogP contribution in [0.3, 0.4) is 0 Å². The minimum Gasteiger partial charge on any atom is -0.396 e. The zero-order valence-corrected chi connectivity index (χ0v) is 7.45. The van der Waals surface area contributed by atoms with Crippen molar-refractivity contribution < 1.29 is 10.2 Å². The Bertz CT molecular complexity index is 158. The summed E-state index contributed by atoms with van der Waals surface area (Å²) < 4.78 is 0. The Balaban J connectivity index is 1.96.